The number of rotatable bonds is 3. The molecule has 1 heterocycles. The number of hydrogen-bond donors (Lipinski definition) is 1. The Labute approximate surface area is 121 Å². The van der Waals surface area contributed by atoms with Crippen molar-refractivity contribution in [1.82, 2.24) is 0 Å². The van der Waals surface area contributed by atoms with Crippen LogP contribution >= 0.6 is 43.2 Å². The molecule has 2 nitrogen and oxygen atoms in total. The highest BCUT2D eigenvalue weighted by molar-refractivity contribution is 9.11. The molecule has 0 aliphatic heterocycles. The fraction of sp³-hybridized carbons (Fsp3) is 0.167. The van der Waals surface area contributed by atoms with E-state index in [1.165, 1.54) is 0 Å². The van der Waals surface area contributed by atoms with Crippen LogP contribution in [0, 0.1) is 0 Å². The summed E-state index contributed by atoms with van der Waals surface area (Å²) in [4.78, 5) is 0. The minimum Gasteiger partial charge on any atom is -0.496 e. The number of hydrogen-bond acceptors (Lipinski definition) is 3. The van der Waals surface area contributed by atoms with Gasteiger partial charge in [0.05, 0.1) is 21.4 Å². The van der Waals surface area contributed by atoms with E-state index in [1.54, 1.807) is 18.4 Å². The van der Waals surface area contributed by atoms with Gasteiger partial charge in [-0.3, -0.25) is 0 Å². The summed E-state index contributed by atoms with van der Waals surface area (Å²) in [7, 11) is 1.65. The number of thiophene rings is 1. The Morgan fingerprint density at radius 3 is 2.53 bits per heavy atom. The van der Waals surface area contributed by atoms with Crippen molar-refractivity contribution in [1.29, 1.82) is 0 Å². The van der Waals surface area contributed by atoms with E-state index < -0.39 is 0 Å². The Hall–Kier alpha value is -0.360. The predicted octanol–water partition coefficient (Wildman–Crippen LogP) is 4.33. The van der Waals surface area contributed by atoms with Crippen LogP contribution in [0.3, 0.4) is 0 Å². The molecule has 1 aromatic heterocycles. The summed E-state index contributed by atoms with van der Waals surface area (Å²) in [6.07, 6.45) is 0. The maximum absolute atomic E-state index is 6.21. The van der Waals surface area contributed by atoms with Gasteiger partial charge in [-0.05, 0) is 66.6 Å². The van der Waals surface area contributed by atoms with E-state index in [4.69, 9.17) is 10.5 Å². The second-order valence-corrected chi connectivity index (χ2v) is 6.70. The lowest BCUT2D eigenvalue weighted by molar-refractivity contribution is 0.412. The predicted molar refractivity (Wildman–Crippen MR) is 78.7 cm³/mol. The summed E-state index contributed by atoms with van der Waals surface area (Å²) in [5.41, 5.74) is 8.38. The molecule has 2 rings (SSSR count). The molecule has 0 spiro atoms. The first-order valence-corrected chi connectivity index (χ1v) is 7.41. The van der Waals surface area contributed by atoms with Crippen molar-refractivity contribution < 1.29 is 4.74 Å². The van der Waals surface area contributed by atoms with E-state index >= 15 is 0 Å². The number of nitrogens with two attached hydrogens (primary N) is 1. The van der Waals surface area contributed by atoms with Crippen LogP contribution in [-0.4, -0.2) is 7.11 Å². The SMILES string of the molecule is COc1ccc(C(N)c2csc(Br)c2)cc1Br. The third-order valence-electron chi connectivity index (χ3n) is 2.48. The Balaban J connectivity index is 2.31. The molecule has 0 saturated carbocycles. The third-order valence-corrected chi connectivity index (χ3v) is 4.62. The quantitative estimate of drug-likeness (QED) is 0.865. The standard InChI is InChI=1S/C12H11Br2NOS/c1-16-10-3-2-7(4-9(10)13)12(15)8-5-11(14)17-6-8/h2-6,12H,15H2,1H3. The van der Waals surface area contributed by atoms with Gasteiger partial charge in [-0.15, -0.1) is 11.3 Å². The van der Waals surface area contributed by atoms with Crippen LogP contribution in [0.4, 0.5) is 0 Å². The van der Waals surface area contributed by atoms with Crippen LogP contribution in [0.1, 0.15) is 17.2 Å². The van der Waals surface area contributed by atoms with Crippen molar-refractivity contribution >= 4 is 43.2 Å². The summed E-state index contributed by atoms with van der Waals surface area (Å²) in [6, 6.07) is 7.84. The van der Waals surface area contributed by atoms with Crippen LogP contribution in [0.2, 0.25) is 0 Å². The molecule has 0 saturated heterocycles. The normalized spacial score (nSPS) is 12.5. The number of benzene rings is 1. The second-order valence-electron chi connectivity index (χ2n) is 3.56. The largest absolute Gasteiger partial charge is 0.496 e. The van der Waals surface area contributed by atoms with E-state index in [-0.39, 0.29) is 6.04 Å². The highest BCUT2D eigenvalue weighted by Crippen LogP contribution is 2.32. The molecule has 2 N–H and O–H groups in total. The first-order chi connectivity index (χ1) is 8.11. The molecule has 2 aromatic rings. The monoisotopic (exact) mass is 375 g/mol. The molecule has 1 atom stereocenters. The molecule has 1 unspecified atom stereocenters. The van der Waals surface area contributed by atoms with E-state index in [0.29, 0.717) is 0 Å². The Kier molecular flexibility index (Phi) is 4.25. The molecule has 0 bridgehead atoms. The molecule has 5 heteroatoms. The smallest absolute Gasteiger partial charge is 0.133 e. The summed E-state index contributed by atoms with van der Waals surface area (Å²) in [5.74, 6) is 0.812. The highest BCUT2D eigenvalue weighted by Gasteiger charge is 2.12. The summed E-state index contributed by atoms with van der Waals surface area (Å²) < 4.78 is 7.21. The molecule has 0 amide bonds. The van der Waals surface area contributed by atoms with Crippen molar-refractivity contribution in [3.8, 4) is 5.75 Å². The van der Waals surface area contributed by atoms with Gasteiger partial charge in [0.2, 0.25) is 0 Å². The fourth-order valence-corrected chi connectivity index (χ4v) is 3.33. The van der Waals surface area contributed by atoms with Gasteiger partial charge in [-0.25, -0.2) is 0 Å². The average molecular weight is 377 g/mol. The fourth-order valence-electron chi connectivity index (χ4n) is 1.56. The molecule has 17 heavy (non-hydrogen) atoms. The van der Waals surface area contributed by atoms with Gasteiger partial charge in [0.25, 0.3) is 0 Å². The van der Waals surface area contributed by atoms with Crippen LogP contribution in [0.15, 0.2) is 37.9 Å². The van der Waals surface area contributed by atoms with Crippen LogP contribution in [-0.2, 0) is 0 Å². The van der Waals surface area contributed by atoms with Gasteiger partial charge < -0.3 is 10.5 Å². The first kappa shape index (κ1) is 13.1. The van der Waals surface area contributed by atoms with E-state index in [2.05, 4.69) is 37.2 Å². The number of ether oxygens (including phenoxy) is 1. The van der Waals surface area contributed by atoms with Gasteiger partial charge in [0.1, 0.15) is 5.75 Å². The summed E-state index contributed by atoms with van der Waals surface area (Å²) in [6.45, 7) is 0. The third kappa shape index (κ3) is 2.91. The van der Waals surface area contributed by atoms with E-state index in [0.717, 1.165) is 25.1 Å². The van der Waals surface area contributed by atoms with E-state index in [1.807, 2.05) is 24.3 Å². The molecule has 0 fully saturated rings. The molecular formula is C12H11Br2NOS. The summed E-state index contributed by atoms with van der Waals surface area (Å²) in [5, 5.41) is 2.06. The maximum Gasteiger partial charge on any atom is 0.133 e. The van der Waals surface area contributed by atoms with Crippen molar-refractivity contribution in [2.45, 2.75) is 6.04 Å². The Morgan fingerprint density at radius 2 is 2.00 bits per heavy atom. The lowest BCUT2D eigenvalue weighted by Crippen LogP contribution is -2.10. The number of halogens is 2. The van der Waals surface area contributed by atoms with Gasteiger partial charge in [0.15, 0.2) is 0 Å². The van der Waals surface area contributed by atoms with Gasteiger partial charge >= 0.3 is 0 Å². The zero-order valence-electron chi connectivity index (χ0n) is 9.11. The van der Waals surface area contributed by atoms with Crippen LogP contribution < -0.4 is 10.5 Å². The molecule has 0 aliphatic carbocycles. The minimum atomic E-state index is -0.111. The van der Waals surface area contributed by atoms with Gasteiger partial charge in [0, 0.05) is 0 Å². The van der Waals surface area contributed by atoms with Crippen molar-refractivity contribution in [2.24, 2.45) is 5.73 Å². The van der Waals surface area contributed by atoms with Crippen LogP contribution in [0.5, 0.6) is 5.75 Å². The van der Waals surface area contributed by atoms with Gasteiger partial charge in [-0.2, -0.15) is 0 Å². The average Bonchev–Trinajstić information content (AvgIpc) is 2.75. The van der Waals surface area contributed by atoms with Crippen molar-refractivity contribution in [3.05, 3.63) is 49.0 Å². The minimum absolute atomic E-state index is 0.111. The van der Waals surface area contributed by atoms with Crippen molar-refractivity contribution in [3.63, 3.8) is 0 Å². The molecule has 90 valence electrons. The number of methoxy groups -OCH3 is 1. The molecular weight excluding hydrogens is 366 g/mol. The lowest BCUT2D eigenvalue weighted by Gasteiger charge is -2.12. The molecule has 0 aliphatic rings. The lowest BCUT2D eigenvalue weighted by atomic mass is 10.0. The Morgan fingerprint density at radius 1 is 1.24 bits per heavy atom. The zero-order chi connectivity index (χ0) is 12.4. The van der Waals surface area contributed by atoms with Crippen molar-refractivity contribution in [2.75, 3.05) is 7.11 Å². The first-order valence-electron chi connectivity index (χ1n) is 4.94. The highest BCUT2D eigenvalue weighted by atomic mass is 79.9. The second kappa shape index (κ2) is 5.52. The van der Waals surface area contributed by atoms with Gasteiger partial charge in [-0.1, -0.05) is 6.07 Å². The maximum atomic E-state index is 6.21. The topological polar surface area (TPSA) is 35.2 Å². The molecule has 1 aromatic carbocycles. The zero-order valence-corrected chi connectivity index (χ0v) is 13.1. The Bertz CT molecular complexity index is 527. The van der Waals surface area contributed by atoms with Crippen LogP contribution in [0.25, 0.3) is 0 Å². The summed E-state index contributed by atoms with van der Waals surface area (Å²) >= 11 is 8.55. The van der Waals surface area contributed by atoms with E-state index in [9.17, 15) is 0 Å². The molecule has 0 radical (unpaired) electrons.